The third-order valence-electron chi connectivity index (χ3n) is 4.37. The average molecular weight is 324 g/mol. The van der Waals surface area contributed by atoms with Crippen LogP contribution in [0.5, 0.6) is 0 Å². The molecule has 1 saturated heterocycles. The Kier molecular flexibility index (Phi) is 6.06. The highest BCUT2D eigenvalue weighted by atomic mass is 16.7. The van der Waals surface area contributed by atoms with Crippen LogP contribution in [-0.4, -0.2) is 47.4 Å². The van der Waals surface area contributed by atoms with E-state index in [1.165, 1.54) is 7.05 Å². The van der Waals surface area contributed by atoms with Crippen molar-refractivity contribution in [2.45, 2.75) is 38.4 Å². The van der Waals surface area contributed by atoms with Gasteiger partial charge in [0.25, 0.3) is 0 Å². The summed E-state index contributed by atoms with van der Waals surface area (Å²) < 4.78 is 11.3. The van der Waals surface area contributed by atoms with E-state index in [9.17, 15) is 15.4 Å². The van der Waals surface area contributed by atoms with Crippen molar-refractivity contribution >= 4 is 0 Å². The summed E-state index contributed by atoms with van der Waals surface area (Å²) in [6.07, 6.45) is -3.25. The van der Waals surface area contributed by atoms with Crippen LogP contribution in [0, 0.1) is 17.0 Å². The normalized spacial score (nSPS) is 33.4. The standard InChI is InChI=1S/C16H24N2O5/c1-10-11(2)16(22-9-17-18(3)21)23-15(13(10)19)14(20)12-7-5-4-6-8-12/h4-8,10-11,13-16,19-20H,9H2,1-3H3/b18-17-/t10?,11?,13?,14-,15?,16?/m0/s1. The lowest BCUT2D eigenvalue weighted by Crippen LogP contribution is -2.52. The first kappa shape index (κ1) is 17.8. The van der Waals surface area contributed by atoms with Crippen molar-refractivity contribution in [1.29, 1.82) is 0 Å². The van der Waals surface area contributed by atoms with E-state index in [-0.39, 0.29) is 18.6 Å². The molecule has 0 amide bonds. The number of hydroxylamine groups is 1. The lowest BCUT2D eigenvalue weighted by atomic mass is 9.82. The molecule has 7 heteroatoms. The summed E-state index contributed by atoms with van der Waals surface area (Å²) in [4.78, 5) is 0.419. The van der Waals surface area contributed by atoms with Gasteiger partial charge in [-0.1, -0.05) is 49.0 Å². The number of benzene rings is 1. The smallest absolute Gasteiger partial charge is 0.203 e. The first-order valence-corrected chi connectivity index (χ1v) is 7.68. The Balaban J connectivity index is 2.11. The second-order valence-electron chi connectivity index (χ2n) is 5.93. The van der Waals surface area contributed by atoms with Crippen LogP contribution in [0.25, 0.3) is 0 Å². The summed E-state index contributed by atoms with van der Waals surface area (Å²) in [5.41, 5.74) is 0.668. The first-order chi connectivity index (χ1) is 10.9. The van der Waals surface area contributed by atoms with E-state index >= 15 is 0 Å². The third kappa shape index (κ3) is 4.26. The SMILES string of the molecule is CC1C(OC/N=[N+](/C)[O-])OC([C@@H](O)c2ccccc2)C(O)C1C. The molecule has 0 bridgehead atoms. The Morgan fingerprint density at radius 1 is 1.30 bits per heavy atom. The molecule has 6 atom stereocenters. The van der Waals surface area contributed by atoms with Gasteiger partial charge in [0, 0.05) is 5.92 Å². The summed E-state index contributed by atoms with van der Waals surface area (Å²) in [5, 5.41) is 35.3. The zero-order chi connectivity index (χ0) is 17.0. The Morgan fingerprint density at radius 2 is 1.96 bits per heavy atom. The molecule has 1 aromatic carbocycles. The highest BCUT2D eigenvalue weighted by Gasteiger charge is 2.44. The molecule has 128 valence electrons. The zero-order valence-corrected chi connectivity index (χ0v) is 13.6. The van der Waals surface area contributed by atoms with Gasteiger partial charge in [0.05, 0.1) is 6.10 Å². The average Bonchev–Trinajstić information content (AvgIpc) is 2.55. The van der Waals surface area contributed by atoms with Gasteiger partial charge in [-0.2, -0.15) is 0 Å². The molecule has 1 heterocycles. The van der Waals surface area contributed by atoms with Crippen LogP contribution in [0.3, 0.4) is 0 Å². The van der Waals surface area contributed by atoms with Crippen LogP contribution in [0.4, 0.5) is 0 Å². The number of aliphatic hydroxyl groups is 2. The van der Waals surface area contributed by atoms with Crippen LogP contribution >= 0.6 is 0 Å². The maximum atomic E-state index is 10.8. The zero-order valence-electron chi connectivity index (χ0n) is 13.6. The maximum absolute atomic E-state index is 10.8. The summed E-state index contributed by atoms with van der Waals surface area (Å²) in [6.45, 7) is 3.65. The number of aliphatic hydroxyl groups excluding tert-OH is 2. The maximum Gasteiger partial charge on any atom is 0.203 e. The summed E-state index contributed by atoms with van der Waals surface area (Å²) in [6, 6.07) is 9.04. The van der Waals surface area contributed by atoms with Gasteiger partial charge >= 0.3 is 0 Å². The molecule has 1 aliphatic rings. The van der Waals surface area contributed by atoms with E-state index in [1.807, 2.05) is 32.0 Å². The van der Waals surface area contributed by atoms with Crippen LogP contribution in [0.2, 0.25) is 0 Å². The number of nitrogens with zero attached hydrogens (tertiary/aromatic N) is 2. The highest BCUT2D eigenvalue weighted by molar-refractivity contribution is 5.19. The van der Waals surface area contributed by atoms with Crippen LogP contribution < -0.4 is 0 Å². The predicted octanol–water partition coefficient (Wildman–Crippen LogP) is 1.64. The molecule has 7 nitrogen and oxygen atoms in total. The Hall–Kier alpha value is -1.54. The fourth-order valence-electron chi connectivity index (χ4n) is 2.70. The molecule has 1 fully saturated rings. The van der Waals surface area contributed by atoms with Gasteiger partial charge in [-0.05, 0) is 16.6 Å². The Bertz CT molecular complexity index is 520. The van der Waals surface area contributed by atoms with E-state index in [0.29, 0.717) is 10.4 Å². The van der Waals surface area contributed by atoms with Crippen molar-refractivity contribution in [2.75, 3.05) is 13.8 Å². The lowest BCUT2D eigenvalue weighted by Gasteiger charge is -2.43. The number of hydrogen-bond acceptors (Lipinski definition) is 6. The molecule has 1 aliphatic heterocycles. The molecule has 2 rings (SSSR count). The van der Waals surface area contributed by atoms with Crippen LogP contribution in [0.1, 0.15) is 25.5 Å². The van der Waals surface area contributed by atoms with Crippen molar-refractivity contribution in [2.24, 2.45) is 17.0 Å². The van der Waals surface area contributed by atoms with Gasteiger partial charge in [0.2, 0.25) is 6.73 Å². The summed E-state index contributed by atoms with van der Waals surface area (Å²) in [7, 11) is 1.27. The van der Waals surface area contributed by atoms with E-state index in [2.05, 4.69) is 5.11 Å². The van der Waals surface area contributed by atoms with Gasteiger partial charge in [-0.25, -0.2) is 0 Å². The second-order valence-corrected chi connectivity index (χ2v) is 5.93. The molecule has 23 heavy (non-hydrogen) atoms. The minimum Gasteiger partial charge on any atom is -0.600 e. The minimum atomic E-state index is -0.966. The molecule has 0 aliphatic carbocycles. The quantitative estimate of drug-likeness (QED) is 0.487. The Morgan fingerprint density at radius 3 is 2.57 bits per heavy atom. The van der Waals surface area contributed by atoms with Crippen molar-refractivity contribution in [1.82, 2.24) is 0 Å². The molecule has 2 N–H and O–H groups in total. The molecule has 0 spiro atoms. The third-order valence-corrected chi connectivity index (χ3v) is 4.37. The summed E-state index contributed by atoms with van der Waals surface area (Å²) in [5.74, 6) is -0.238. The van der Waals surface area contributed by atoms with Crippen LogP contribution in [0.15, 0.2) is 35.4 Å². The van der Waals surface area contributed by atoms with E-state index < -0.39 is 24.6 Å². The highest BCUT2D eigenvalue weighted by Crippen LogP contribution is 2.36. The molecular formula is C16H24N2O5. The monoisotopic (exact) mass is 324 g/mol. The number of hydrogen-bond donors (Lipinski definition) is 2. The summed E-state index contributed by atoms with van der Waals surface area (Å²) >= 11 is 0. The molecule has 0 saturated carbocycles. The predicted molar refractivity (Wildman–Crippen MR) is 82.3 cm³/mol. The molecule has 0 radical (unpaired) electrons. The number of rotatable bonds is 5. The van der Waals surface area contributed by atoms with E-state index in [0.717, 1.165) is 0 Å². The number of azo groups is 1. The van der Waals surface area contributed by atoms with E-state index in [4.69, 9.17) is 9.47 Å². The Labute approximate surface area is 135 Å². The second kappa shape index (κ2) is 7.83. The number of ether oxygens (including phenoxy) is 2. The first-order valence-electron chi connectivity index (χ1n) is 7.68. The van der Waals surface area contributed by atoms with Gasteiger partial charge in [0.15, 0.2) is 13.3 Å². The topological polar surface area (TPSA) is 97.4 Å². The fourth-order valence-corrected chi connectivity index (χ4v) is 2.70. The van der Waals surface area contributed by atoms with Crippen molar-refractivity contribution in [3.8, 4) is 0 Å². The van der Waals surface area contributed by atoms with Gasteiger partial charge in [-0.3, -0.25) is 0 Å². The molecule has 5 unspecified atom stereocenters. The van der Waals surface area contributed by atoms with Crippen molar-refractivity contribution in [3.05, 3.63) is 41.1 Å². The minimum absolute atomic E-state index is 0.101. The fraction of sp³-hybridized carbons (Fsp3) is 0.625. The van der Waals surface area contributed by atoms with E-state index in [1.54, 1.807) is 12.1 Å². The largest absolute Gasteiger partial charge is 0.600 e. The van der Waals surface area contributed by atoms with Crippen LogP contribution in [-0.2, 0) is 9.47 Å². The molecule has 1 aromatic rings. The van der Waals surface area contributed by atoms with Gasteiger partial charge in [0.1, 0.15) is 12.2 Å². The lowest BCUT2D eigenvalue weighted by molar-refractivity contribution is -0.505. The molecular weight excluding hydrogens is 300 g/mol. The molecule has 0 aromatic heterocycles. The van der Waals surface area contributed by atoms with Crippen molar-refractivity contribution in [3.63, 3.8) is 0 Å². The van der Waals surface area contributed by atoms with Gasteiger partial charge in [-0.15, -0.1) is 0 Å². The van der Waals surface area contributed by atoms with Gasteiger partial charge < -0.3 is 24.9 Å². The van der Waals surface area contributed by atoms with Crippen molar-refractivity contribution < 1.29 is 24.5 Å².